The number of hydrogen-bond donors (Lipinski definition) is 1. The topological polar surface area (TPSA) is 63.1 Å². The first-order valence-electron chi connectivity index (χ1n) is 4.49. The lowest BCUT2D eigenvalue weighted by Gasteiger charge is -2.04. The van der Waals surface area contributed by atoms with Crippen LogP contribution in [-0.4, -0.2) is 21.0 Å². The lowest BCUT2D eigenvalue weighted by molar-refractivity contribution is 0.0692. The highest BCUT2D eigenvalue weighted by Gasteiger charge is 2.17. The molecule has 4 nitrogen and oxygen atoms in total. The van der Waals surface area contributed by atoms with Gasteiger partial charge in [-0.15, -0.1) is 0 Å². The van der Waals surface area contributed by atoms with Crippen LogP contribution in [-0.2, 0) is 0 Å². The van der Waals surface area contributed by atoms with Gasteiger partial charge >= 0.3 is 5.97 Å². The number of rotatable bonds is 2. The van der Waals surface area contributed by atoms with Crippen LogP contribution < -0.4 is 0 Å². The highest BCUT2D eigenvalue weighted by molar-refractivity contribution is 5.95. The maximum atomic E-state index is 13.4. The van der Waals surface area contributed by atoms with Gasteiger partial charge in [0.15, 0.2) is 5.82 Å². The predicted molar refractivity (Wildman–Crippen MR) is 54.4 cm³/mol. The molecule has 1 aromatic heterocycles. The Labute approximate surface area is 90.4 Å². The molecule has 0 bridgehead atoms. The second kappa shape index (κ2) is 4.06. The van der Waals surface area contributed by atoms with Crippen molar-refractivity contribution in [2.24, 2.45) is 0 Å². The summed E-state index contributed by atoms with van der Waals surface area (Å²) in [7, 11) is 0. The minimum Gasteiger partial charge on any atom is -0.478 e. The van der Waals surface area contributed by atoms with Crippen molar-refractivity contribution in [1.29, 1.82) is 0 Å². The molecule has 0 aliphatic rings. The van der Waals surface area contributed by atoms with Crippen LogP contribution in [0.4, 0.5) is 4.39 Å². The van der Waals surface area contributed by atoms with Crippen molar-refractivity contribution in [2.75, 3.05) is 0 Å². The smallest absolute Gasteiger partial charge is 0.339 e. The van der Waals surface area contributed by atoms with Gasteiger partial charge in [0.1, 0.15) is 11.4 Å². The number of halogens is 1. The molecule has 0 aliphatic carbocycles. The van der Waals surface area contributed by atoms with E-state index in [9.17, 15) is 9.18 Å². The van der Waals surface area contributed by atoms with E-state index in [4.69, 9.17) is 5.11 Å². The Morgan fingerprint density at radius 2 is 1.88 bits per heavy atom. The fourth-order valence-corrected chi connectivity index (χ4v) is 1.37. The summed E-state index contributed by atoms with van der Waals surface area (Å²) in [5.74, 6) is -1.93. The third-order valence-corrected chi connectivity index (χ3v) is 2.03. The minimum absolute atomic E-state index is 0.174. The minimum atomic E-state index is -1.33. The Hall–Kier alpha value is -2.30. The van der Waals surface area contributed by atoms with Crippen LogP contribution in [0.15, 0.2) is 36.7 Å². The molecule has 0 spiro atoms. The zero-order valence-electron chi connectivity index (χ0n) is 8.09. The molecule has 80 valence electrons. The van der Waals surface area contributed by atoms with E-state index in [1.54, 1.807) is 6.07 Å². The van der Waals surface area contributed by atoms with Crippen LogP contribution in [0.2, 0.25) is 0 Å². The fraction of sp³-hybridized carbons (Fsp3) is 0. The molecule has 5 heteroatoms. The standard InChI is InChI=1S/C11H7FN2O2/c12-8-4-1-3-7(9(8)11(15)16)10-13-5-2-6-14-10/h1-6H,(H,15,16). The average molecular weight is 218 g/mol. The zero-order valence-corrected chi connectivity index (χ0v) is 8.09. The van der Waals surface area contributed by atoms with Crippen LogP contribution in [0.25, 0.3) is 11.4 Å². The van der Waals surface area contributed by atoms with Gasteiger partial charge in [-0.3, -0.25) is 0 Å². The molecule has 0 saturated carbocycles. The lowest BCUT2D eigenvalue weighted by Crippen LogP contribution is -2.04. The number of carboxylic acids is 1. The van der Waals surface area contributed by atoms with Gasteiger partial charge in [-0.05, 0) is 12.1 Å². The molecule has 0 unspecified atom stereocenters. The summed E-state index contributed by atoms with van der Waals surface area (Å²) in [6, 6.07) is 5.59. The van der Waals surface area contributed by atoms with E-state index in [0.29, 0.717) is 0 Å². The summed E-state index contributed by atoms with van der Waals surface area (Å²) >= 11 is 0. The van der Waals surface area contributed by atoms with E-state index in [0.717, 1.165) is 6.07 Å². The fourth-order valence-electron chi connectivity index (χ4n) is 1.37. The molecule has 0 amide bonds. The number of aromatic nitrogens is 2. The maximum Gasteiger partial charge on any atom is 0.339 e. The summed E-state index contributed by atoms with van der Waals surface area (Å²) in [4.78, 5) is 18.7. The van der Waals surface area contributed by atoms with Gasteiger partial charge in [0.2, 0.25) is 0 Å². The third kappa shape index (κ3) is 1.75. The Morgan fingerprint density at radius 1 is 1.19 bits per heavy atom. The van der Waals surface area contributed by atoms with Gasteiger partial charge in [0.05, 0.1) is 0 Å². The lowest BCUT2D eigenvalue weighted by atomic mass is 10.1. The van der Waals surface area contributed by atoms with Gasteiger partial charge in [-0.2, -0.15) is 0 Å². The first-order chi connectivity index (χ1) is 7.70. The van der Waals surface area contributed by atoms with Crippen LogP contribution in [0.1, 0.15) is 10.4 Å². The van der Waals surface area contributed by atoms with E-state index in [1.807, 2.05) is 0 Å². The van der Waals surface area contributed by atoms with E-state index in [1.165, 1.54) is 24.5 Å². The van der Waals surface area contributed by atoms with Crippen molar-refractivity contribution in [3.63, 3.8) is 0 Å². The maximum absolute atomic E-state index is 13.4. The second-order valence-electron chi connectivity index (χ2n) is 3.04. The zero-order chi connectivity index (χ0) is 11.5. The number of nitrogens with zero attached hydrogens (tertiary/aromatic N) is 2. The number of carboxylic acid groups (broad SMARTS) is 1. The molecule has 2 rings (SSSR count). The molecule has 0 saturated heterocycles. The van der Waals surface area contributed by atoms with Gasteiger partial charge in [-0.25, -0.2) is 19.2 Å². The Bertz CT molecular complexity index is 529. The van der Waals surface area contributed by atoms with E-state index in [2.05, 4.69) is 9.97 Å². The number of aromatic carboxylic acids is 1. The van der Waals surface area contributed by atoms with Crippen LogP contribution >= 0.6 is 0 Å². The number of carbonyl (C=O) groups is 1. The van der Waals surface area contributed by atoms with Crippen molar-refractivity contribution in [3.8, 4) is 11.4 Å². The number of hydrogen-bond acceptors (Lipinski definition) is 3. The normalized spacial score (nSPS) is 10.1. The Balaban J connectivity index is 2.66. The largest absolute Gasteiger partial charge is 0.478 e. The molecule has 16 heavy (non-hydrogen) atoms. The van der Waals surface area contributed by atoms with E-state index in [-0.39, 0.29) is 11.4 Å². The molecule has 0 fully saturated rings. The van der Waals surface area contributed by atoms with Crippen LogP contribution in [0.5, 0.6) is 0 Å². The Kier molecular flexibility index (Phi) is 2.59. The van der Waals surface area contributed by atoms with Crippen molar-refractivity contribution in [1.82, 2.24) is 9.97 Å². The van der Waals surface area contributed by atoms with E-state index >= 15 is 0 Å². The van der Waals surface area contributed by atoms with Crippen molar-refractivity contribution in [3.05, 3.63) is 48.0 Å². The quantitative estimate of drug-likeness (QED) is 0.837. The third-order valence-electron chi connectivity index (χ3n) is 2.03. The van der Waals surface area contributed by atoms with Crippen LogP contribution in [0, 0.1) is 5.82 Å². The molecular weight excluding hydrogens is 211 g/mol. The first-order valence-corrected chi connectivity index (χ1v) is 4.49. The molecule has 2 aromatic rings. The summed E-state index contributed by atoms with van der Waals surface area (Å²) in [5, 5.41) is 8.91. The highest BCUT2D eigenvalue weighted by Crippen LogP contribution is 2.22. The van der Waals surface area contributed by atoms with Gasteiger partial charge < -0.3 is 5.11 Å². The highest BCUT2D eigenvalue weighted by atomic mass is 19.1. The SMILES string of the molecule is O=C(O)c1c(F)cccc1-c1ncccn1. The van der Waals surface area contributed by atoms with Gasteiger partial charge in [0.25, 0.3) is 0 Å². The van der Waals surface area contributed by atoms with Crippen molar-refractivity contribution >= 4 is 5.97 Å². The molecule has 1 aromatic carbocycles. The second-order valence-corrected chi connectivity index (χ2v) is 3.04. The van der Waals surface area contributed by atoms with Crippen molar-refractivity contribution < 1.29 is 14.3 Å². The van der Waals surface area contributed by atoms with Crippen molar-refractivity contribution in [2.45, 2.75) is 0 Å². The number of benzene rings is 1. The monoisotopic (exact) mass is 218 g/mol. The van der Waals surface area contributed by atoms with Gasteiger partial charge in [0, 0.05) is 18.0 Å². The molecule has 1 N–H and O–H groups in total. The molecule has 1 heterocycles. The molecule has 0 radical (unpaired) electrons. The van der Waals surface area contributed by atoms with Gasteiger partial charge in [-0.1, -0.05) is 12.1 Å². The Morgan fingerprint density at radius 3 is 2.50 bits per heavy atom. The summed E-state index contributed by atoms with van der Waals surface area (Å²) in [5.41, 5.74) is -0.234. The molecule has 0 atom stereocenters. The first kappa shape index (κ1) is 10.2. The van der Waals surface area contributed by atoms with E-state index < -0.39 is 17.3 Å². The summed E-state index contributed by atoms with van der Waals surface area (Å²) < 4.78 is 13.4. The summed E-state index contributed by atoms with van der Waals surface area (Å²) in [6.45, 7) is 0. The predicted octanol–water partition coefficient (Wildman–Crippen LogP) is 1.98. The summed E-state index contributed by atoms with van der Waals surface area (Å²) in [6.07, 6.45) is 2.94. The van der Waals surface area contributed by atoms with Crippen LogP contribution in [0.3, 0.4) is 0 Å². The molecular formula is C11H7FN2O2. The molecule has 0 aliphatic heterocycles. The average Bonchev–Trinajstić information content (AvgIpc) is 2.29.